The van der Waals surface area contributed by atoms with Gasteiger partial charge in [-0.25, -0.2) is 4.79 Å². The first kappa shape index (κ1) is 22.1. The minimum atomic E-state index is -0.797. The molecule has 1 aromatic rings. The van der Waals surface area contributed by atoms with Crippen LogP contribution in [0.4, 0.5) is 10.5 Å². The Labute approximate surface area is 170 Å². The van der Waals surface area contributed by atoms with Gasteiger partial charge in [0.1, 0.15) is 17.7 Å². The number of para-hydroxylation sites is 1. The van der Waals surface area contributed by atoms with Crippen molar-refractivity contribution in [3.8, 4) is 0 Å². The van der Waals surface area contributed by atoms with E-state index in [4.69, 9.17) is 4.74 Å². The van der Waals surface area contributed by atoms with Crippen LogP contribution in [0.2, 0.25) is 0 Å². The molecule has 0 spiro atoms. The third-order valence-electron chi connectivity index (χ3n) is 4.40. The van der Waals surface area contributed by atoms with Gasteiger partial charge in [-0.2, -0.15) is 0 Å². The Morgan fingerprint density at radius 2 is 1.89 bits per heavy atom. The van der Waals surface area contributed by atoms with Gasteiger partial charge in [0.05, 0.1) is 5.69 Å². The molecular formula is C20H29N3O4S. The van der Waals surface area contributed by atoms with Gasteiger partial charge in [-0.1, -0.05) is 12.1 Å². The SMILES string of the molecule is C[C@@H](C(=O)N[C@H]1C(=O)Nc2ccccc2SC1(C)C)N(C)C(=O)OC(C)(C)C. The highest BCUT2D eigenvalue weighted by atomic mass is 32.2. The van der Waals surface area contributed by atoms with Crippen LogP contribution in [0, 0.1) is 0 Å². The summed E-state index contributed by atoms with van der Waals surface area (Å²) in [4.78, 5) is 40.0. The quantitative estimate of drug-likeness (QED) is 0.803. The summed E-state index contributed by atoms with van der Waals surface area (Å²) in [6, 6.07) is 5.96. The third-order valence-corrected chi connectivity index (χ3v) is 5.74. The highest BCUT2D eigenvalue weighted by Crippen LogP contribution is 2.41. The second-order valence-electron chi connectivity index (χ2n) is 8.40. The van der Waals surface area contributed by atoms with Crippen LogP contribution in [-0.2, 0) is 14.3 Å². The van der Waals surface area contributed by atoms with Crippen molar-refractivity contribution < 1.29 is 19.1 Å². The van der Waals surface area contributed by atoms with Crippen LogP contribution in [0.25, 0.3) is 0 Å². The molecule has 1 aromatic carbocycles. The Hall–Kier alpha value is -2.22. The van der Waals surface area contributed by atoms with Crippen LogP contribution in [0.1, 0.15) is 41.5 Å². The van der Waals surface area contributed by atoms with E-state index >= 15 is 0 Å². The Bertz CT molecular complexity index is 773. The normalized spacial score (nSPS) is 19.5. The summed E-state index contributed by atoms with van der Waals surface area (Å²) in [5.74, 6) is -0.712. The molecule has 3 amide bonds. The van der Waals surface area contributed by atoms with Gasteiger partial charge >= 0.3 is 6.09 Å². The van der Waals surface area contributed by atoms with Gasteiger partial charge in [0.25, 0.3) is 0 Å². The number of likely N-dealkylation sites (N-methyl/N-ethyl adjacent to an activating group) is 1. The zero-order chi connectivity index (χ0) is 21.3. The van der Waals surface area contributed by atoms with Crippen LogP contribution in [-0.4, -0.2) is 52.3 Å². The number of rotatable bonds is 3. The van der Waals surface area contributed by atoms with Crippen molar-refractivity contribution >= 4 is 35.4 Å². The van der Waals surface area contributed by atoms with Gasteiger partial charge in [-0.3, -0.25) is 14.5 Å². The summed E-state index contributed by atoms with van der Waals surface area (Å²) < 4.78 is 4.72. The van der Waals surface area contributed by atoms with Crippen molar-refractivity contribution in [3.05, 3.63) is 24.3 Å². The topological polar surface area (TPSA) is 87.7 Å². The molecule has 0 aliphatic carbocycles. The number of anilines is 1. The van der Waals surface area contributed by atoms with Crippen LogP contribution in [0.3, 0.4) is 0 Å². The maximum Gasteiger partial charge on any atom is 0.410 e. The molecule has 7 nitrogen and oxygen atoms in total. The number of hydrogen-bond acceptors (Lipinski definition) is 5. The number of amides is 3. The van der Waals surface area contributed by atoms with E-state index in [2.05, 4.69) is 10.6 Å². The fraction of sp³-hybridized carbons (Fsp3) is 0.550. The number of benzene rings is 1. The van der Waals surface area contributed by atoms with Crippen LogP contribution in [0.5, 0.6) is 0 Å². The molecule has 0 radical (unpaired) electrons. The molecule has 0 fully saturated rings. The lowest BCUT2D eigenvalue weighted by molar-refractivity contribution is -0.130. The number of nitrogens with one attached hydrogen (secondary N) is 2. The molecule has 1 aliphatic heterocycles. The lowest BCUT2D eigenvalue weighted by Gasteiger charge is -2.33. The smallest absolute Gasteiger partial charge is 0.410 e. The maximum atomic E-state index is 12.8. The zero-order valence-corrected chi connectivity index (χ0v) is 18.3. The Kier molecular flexibility index (Phi) is 6.33. The van der Waals surface area contributed by atoms with Crippen molar-refractivity contribution in [3.63, 3.8) is 0 Å². The van der Waals surface area contributed by atoms with Crippen molar-refractivity contribution in [2.24, 2.45) is 0 Å². The molecule has 2 N–H and O–H groups in total. The number of carbonyl (C=O) groups is 3. The van der Waals surface area contributed by atoms with E-state index in [9.17, 15) is 14.4 Å². The number of thioether (sulfide) groups is 1. The first-order chi connectivity index (χ1) is 12.8. The minimum absolute atomic E-state index is 0.289. The van der Waals surface area contributed by atoms with Crippen LogP contribution < -0.4 is 10.6 Å². The van der Waals surface area contributed by atoms with E-state index in [-0.39, 0.29) is 5.91 Å². The number of ether oxygens (including phenoxy) is 1. The highest BCUT2D eigenvalue weighted by Gasteiger charge is 2.41. The van der Waals surface area contributed by atoms with E-state index in [1.165, 1.54) is 23.7 Å². The van der Waals surface area contributed by atoms with Crippen LogP contribution in [0.15, 0.2) is 29.2 Å². The van der Waals surface area contributed by atoms with E-state index in [0.717, 1.165) is 10.6 Å². The molecular weight excluding hydrogens is 378 g/mol. The zero-order valence-electron chi connectivity index (χ0n) is 17.5. The fourth-order valence-electron chi connectivity index (χ4n) is 2.69. The predicted molar refractivity (Wildman–Crippen MR) is 110 cm³/mol. The third kappa shape index (κ3) is 5.19. The fourth-order valence-corrected chi connectivity index (χ4v) is 3.92. The molecule has 8 heteroatoms. The summed E-state index contributed by atoms with van der Waals surface area (Å²) in [5.41, 5.74) is 0.0638. The first-order valence-electron chi connectivity index (χ1n) is 9.17. The van der Waals surface area contributed by atoms with Gasteiger partial charge < -0.3 is 15.4 Å². The number of hydrogen-bond donors (Lipinski definition) is 2. The lowest BCUT2D eigenvalue weighted by atomic mass is 10.0. The number of fused-ring (bicyclic) bond motifs is 1. The number of nitrogens with zero attached hydrogens (tertiary/aromatic N) is 1. The summed E-state index contributed by atoms with van der Waals surface area (Å²) in [6.07, 6.45) is -0.596. The molecule has 2 rings (SSSR count). The molecule has 0 bridgehead atoms. The standard InChI is InChI=1S/C20H29N3O4S/c1-12(23(7)18(26)27-19(2,3)4)16(24)22-15-17(25)21-13-10-8-9-11-14(13)28-20(15,5)6/h8-12,15H,1-7H3,(H,21,25)(H,22,24)/t12-,15-/m0/s1. The second-order valence-corrected chi connectivity index (χ2v) is 10.1. The lowest BCUT2D eigenvalue weighted by Crippen LogP contribution is -2.58. The van der Waals surface area contributed by atoms with E-state index < -0.39 is 34.4 Å². The van der Waals surface area contributed by atoms with Crippen molar-refractivity contribution in [2.75, 3.05) is 12.4 Å². The van der Waals surface area contributed by atoms with E-state index in [0.29, 0.717) is 0 Å². The van der Waals surface area contributed by atoms with Crippen molar-refractivity contribution in [2.45, 2.75) is 68.9 Å². The first-order valence-corrected chi connectivity index (χ1v) is 9.98. The average Bonchev–Trinajstić information content (AvgIpc) is 2.66. The van der Waals surface area contributed by atoms with E-state index in [1.54, 1.807) is 27.7 Å². The largest absolute Gasteiger partial charge is 0.444 e. The maximum absolute atomic E-state index is 12.8. The Morgan fingerprint density at radius 1 is 1.29 bits per heavy atom. The highest BCUT2D eigenvalue weighted by molar-refractivity contribution is 8.01. The molecule has 2 atom stereocenters. The molecule has 0 saturated carbocycles. The Morgan fingerprint density at radius 3 is 2.50 bits per heavy atom. The summed E-state index contributed by atoms with van der Waals surface area (Å²) in [7, 11) is 1.50. The molecule has 1 aliphatic rings. The second kappa shape index (κ2) is 8.03. The summed E-state index contributed by atoms with van der Waals surface area (Å²) in [5, 5.41) is 5.69. The molecule has 1 heterocycles. The molecule has 0 unspecified atom stereocenters. The van der Waals surface area contributed by atoms with Gasteiger partial charge in [0.15, 0.2) is 0 Å². The van der Waals surface area contributed by atoms with Gasteiger partial charge in [0, 0.05) is 16.7 Å². The molecule has 154 valence electrons. The van der Waals surface area contributed by atoms with Gasteiger partial charge in [-0.15, -0.1) is 11.8 Å². The predicted octanol–water partition coefficient (Wildman–Crippen LogP) is 3.25. The monoisotopic (exact) mass is 407 g/mol. The van der Waals surface area contributed by atoms with Crippen LogP contribution >= 0.6 is 11.8 Å². The Balaban J connectivity index is 2.14. The molecule has 0 aromatic heterocycles. The van der Waals surface area contributed by atoms with Gasteiger partial charge in [-0.05, 0) is 53.7 Å². The minimum Gasteiger partial charge on any atom is -0.444 e. The molecule has 0 saturated heterocycles. The summed E-state index contributed by atoms with van der Waals surface area (Å²) >= 11 is 1.52. The van der Waals surface area contributed by atoms with E-state index in [1.807, 2.05) is 38.1 Å². The summed E-state index contributed by atoms with van der Waals surface area (Å²) in [6.45, 7) is 10.7. The van der Waals surface area contributed by atoms with Crippen molar-refractivity contribution in [1.29, 1.82) is 0 Å². The van der Waals surface area contributed by atoms with Crippen molar-refractivity contribution in [1.82, 2.24) is 10.2 Å². The molecule has 28 heavy (non-hydrogen) atoms. The van der Waals surface area contributed by atoms with Gasteiger partial charge in [0.2, 0.25) is 11.8 Å². The number of carbonyl (C=O) groups excluding carboxylic acids is 3. The average molecular weight is 408 g/mol.